The monoisotopic (exact) mass is 374 g/mol. The number of anilines is 3. The Kier molecular flexibility index (Phi) is 4.32. The minimum Gasteiger partial charge on any atom is -0.382 e. The zero-order valence-corrected chi connectivity index (χ0v) is 13.9. The molecule has 4 N–H and O–H groups in total. The van der Waals surface area contributed by atoms with E-state index < -0.39 is 0 Å². The summed E-state index contributed by atoms with van der Waals surface area (Å²) in [6.07, 6.45) is 0. The summed E-state index contributed by atoms with van der Waals surface area (Å²) in [6, 6.07) is 7.92. The Morgan fingerprint density at radius 3 is 2.61 bits per heavy atom. The molecule has 8 heteroatoms. The molecule has 2 aromatic rings. The average molecular weight is 375 g/mol. The number of nitriles is 1. The Labute approximate surface area is 142 Å². The summed E-state index contributed by atoms with van der Waals surface area (Å²) in [5.74, 6) is 0.125. The number of hydrogen-bond acceptors (Lipinski definition) is 7. The van der Waals surface area contributed by atoms with Crippen LogP contribution < -0.4 is 16.4 Å². The van der Waals surface area contributed by atoms with Crippen LogP contribution in [0.5, 0.6) is 0 Å². The number of nitrogens with zero attached hydrogens (tertiary/aromatic N) is 4. The number of ether oxygens (including phenoxy) is 1. The van der Waals surface area contributed by atoms with E-state index in [0.29, 0.717) is 5.69 Å². The largest absolute Gasteiger partial charge is 0.382 e. The third kappa shape index (κ3) is 3.06. The van der Waals surface area contributed by atoms with Crippen molar-refractivity contribution in [1.82, 2.24) is 9.97 Å². The molecule has 0 bridgehead atoms. The van der Waals surface area contributed by atoms with Gasteiger partial charge in [-0.25, -0.2) is 4.98 Å². The molecule has 1 aliphatic rings. The van der Waals surface area contributed by atoms with Gasteiger partial charge in [0.1, 0.15) is 17.5 Å². The molecule has 0 atom stereocenters. The van der Waals surface area contributed by atoms with Crippen LogP contribution in [0.3, 0.4) is 0 Å². The van der Waals surface area contributed by atoms with E-state index in [2.05, 4.69) is 30.8 Å². The number of aromatic nitrogens is 2. The predicted octanol–water partition coefficient (Wildman–Crippen LogP) is 1.78. The molecular weight excluding hydrogens is 360 g/mol. The van der Waals surface area contributed by atoms with E-state index in [0.717, 1.165) is 42.0 Å². The van der Waals surface area contributed by atoms with Crippen LogP contribution in [0.25, 0.3) is 11.3 Å². The van der Waals surface area contributed by atoms with E-state index in [4.69, 9.17) is 16.2 Å². The first-order valence-electron chi connectivity index (χ1n) is 7.06. The first kappa shape index (κ1) is 15.5. The van der Waals surface area contributed by atoms with E-state index in [1.165, 1.54) is 0 Å². The first-order chi connectivity index (χ1) is 11.1. The molecule has 0 unspecified atom stereocenters. The molecule has 1 fully saturated rings. The van der Waals surface area contributed by atoms with Crippen LogP contribution in [0, 0.1) is 11.3 Å². The van der Waals surface area contributed by atoms with Crippen LogP contribution >= 0.6 is 15.9 Å². The SMILES string of the molecule is N#Cc1c(N)nc(N)nc1-c1ccc(N2CCOCC2)cc1Br. The van der Waals surface area contributed by atoms with Gasteiger partial charge in [0.15, 0.2) is 0 Å². The Morgan fingerprint density at radius 1 is 1.22 bits per heavy atom. The van der Waals surface area contributed by atoms with Gasteiger partial charge in [0.25, 0.3) is 0 Å². The van der Waals surface area contributed by atoms with Crippen LogP contribution in [0.1, 0.15) is 5.56 Å². The fraction of sp³-hybridized carbons (Fsp3) is 0.267. The summed E-state index contributed by atoms with van der Waals surface area (Å²) in [6.45, 7) is 3.14. The highest BCUT2D eigenvalue weighted by Crippen LogP contribution is 2.34. The lowest BCUT2D eigenvalue weighted by Crippen LogP contribution is -2.36. The van der Waals surface area contributed by atoms with Gasteiger partial charge in [0, 0.05) is 28.8 Å². The Balaban J connectivity index is 2.03. The zero-order valence-electron chi connectivity index (χ0n) is 12.3. The van der Waals surface area contributed by atoms with Gasteiger partial charge in [-0.3, -0.25) is 0 Å². The normalized spacial score (nSPS) is 14.5. The van der Waals surface area contributed by atoms with E-state index in [1.807, 2.05) is 24.3 Å². The van der Waals surface area contributed by atoms with Crippen LogP contribution in [-0.2, 0) is 4.74 Å². The molecule has 0 radical (unpaired) electrons. The minimum absolute atomic E-state index is 0.0423. The second kappa shape index (κ2) is 6.40. The zero-order chi connectivity index (χ0) is 16.4. The Bertz CT molecular complexity index is 782. The molecule has 1 aliphatic heterocycles. The molecule has 23 heavy (non-hydrogen) atoms. The van der Waals surface area contributed by atoms with Crippen LogP contribution in [0.2, 0.25) is 0 Å². The van der Waals surface area contributed by atoms with E-state index in [1.54, 1.807) is 0 Å². The number of nitrogen functional groups attached to an aromatic ring is 2. The van der Waals surface area contributed by atoms with Gasteiger partial charge < -0.3 is 21.1 Å². The Hall–Kier alpha value is -2.37. The molecule has 3 rings (SSSR count). The first-order valence-corrected chi connectivity index (χ1v) is 7.85. The van der Waals surface area contributed by atoms with Gasteiger partial charge in [-0.05, 0) is 18.2 Å². The number of hydrogen-bond donors (Lipinski definition) is 2. The lowest BCUT2D eigenvalue weighted by molar-refractivity contribution is 0.122. The fourth-order valence-corrected chi connectivity index (χ4v) is 3.07. The third-order valence-corrected chi connectivity index (χ3v) is 4.31. The van der Waals surface area contributed by atoms with Gasteiger partial charge in [0.05, 0.1) is 18.9 Å². The highest BCUT2D eigenvalue weighted by Gasteiger charge is 2.17. The van der Waals surface area contributed by atoms with Crippen molar-refractivity contribution in [3.05, 3.63) is 28.2 Å². The number of halogens is 1. The molecule has 1 saturated heterocycles. The van der Waals surface area contributed by atoms with Gasteiger partial charge in [-0.15, -0.1) is 0 Å². The van der Waals surface area contributed by atoms with Crippen molar-refractivity contribution in [3.63, 3.8) is 0 Å². The number of benzene rings is 1. The van der Waals surface area contributed by atoms with E-state index in [-0.39, 0.29) is 17.3 Å². The van der Waals surface area contributed by atoms with Crippen LogP contribution in [0.4, 0.5) is 17.5 Å². The van der Waals surface area contributed by atoms with Crippen molar-refractivity contribution in [3.8, 4) is 17.3 Å². The smallest absolute Gasteiger partial charge is 0.222 e. The summed E-state index contributed by atoms with van der Waals surface area (Å²) >= 11 is 3.55. The van der Waals surface area contributed by atoms with Crippen molar-refractivity contribution < 1.29 is 4.74 Å². The van der Waals surface area contributed by atoms with Gasteiger partial charge >= 0.3 is 0 Å². The Morgan fingerprint density at radius 2 is 1.96 bits per heavy atom. The number of nitrogens with two attached hydrogens (primary N) is 2. The molecular formula is C15H15BrN6O. The molecule has 7 nitrogen and oxygen atoms in total. The summed E-state index contributed by atoms with van der Waals surface area (Å²) in [4.78, 5) is 10.3. The van der Waals surface area contributed by atoms with Crippen molar-refractivity contribution in [2.75, 3.05) is 42.7 Å². The average Bonchev–Trinajstić information content (AvgIpc) is 2.55. The van der Waals surface area contributed by atoms with E-state index in [9.17, 15) is 5.26 Å². The second-order valence-corrected chi connectivity index (χ2v) is 5.92. The van der Waals surface area contributed by atoms with Gasteiger partial charge in [0.2, 0.25) is 5.95 Å². The summed E-state index contributed by atoms with van der Waals surface area (Å²) in [5, 5.41) is 9.31. The number of morpholine rings is 1. The lowest BCUT2D eigenvalue weighted by Gasteiger charge is -2.29. The summed E-state index contributed by atoms with van der Waals surface area (Å²) in [5.41, 5.74) is 13.9. The molecule has 0 spiro atoms. The van der Waals surface area contributed by atoms with E-state index >= 15 is 0 Å². The van der Waals surface area contributed by atoms with Crippen LogP contribution in [0.15, 0.2) is 22.7 Å². The lowest BCUT2D eigenvalue weighted by atomic mass is 10.1. The summed E-state index contributed by atoms with van der Waals surface area (Å²) < 4.78 is 6.18. The van der Waals surface area contributed by atoms with Crippen molar-refractivity contribution in [1.29, 1.82) is 5.26 Å². The van der Waals surface area contributed by atoms with Crippen molar-refractivity contribution in [2.45, 2.75) is 0 Å². The molecule has 0 saturated carbocycles. The standard InChI is InChI=1S/C15H15BrN6O/c16-12-7-9(22-3-5-23-6-4-22)1-2-10(12)13-11(8-17)14(18)21-15(19)20-13/h1-2,7H,3-6H2,(H4,18,19,20,21). The number of rotatable bonds is 2. The third-order valence-electron chi connectivity index (χ3n) is 3.65. The predicted molar refractivity (Wildman–Crippen MR) is 91.7 cm³/mol. The fourth-order valence-electron chi connectivity index (χ4n) is 2.52. The van der Waals surface area contributed by atoms with Crippen molar-refractivity contribution in [2.24, 2.45) is 0 Å². The van der Waals surface area contributed by atoms with Gasteiger partial charge in [-0.2, -0.15) is 10.2 Å². The topological polar surface area (TPSA) is 114 Å². The van der Waals surface area contributed by atoms with Gasteiger partial charge in [-0.1, -0.05) is 15.9 Å². The molecule has 0 amide bonds. The molecule has 0 aliphatic carbocycles. The molecule has 1 aromatic carbocycles. The summed E-state index contributed by atoms with van der Waals surface area (Å²) in [7, 11) is 0. The highest BCUT2D eigenvalue weighted by molar-refractivity contribution is 9.10. The maximum Gasteiger partial charge on any atom is 0.222 e. The minimum atomic E-state index is 0.0423. The molecule has 1 aromatic heterocycles. The maximum atomic E-state index is 9.31. The second-order valence-electron chi connectivity index (χ2n) is 5.07. The quantitative estimate of drug-likeness (QED) is 0.822. The highest BCUT2D eigenvalue weighted by atomic mass is 79.9. The van der Waals surface area contributed by atoms with Crippen LogP contribution in [-0.4, -0.2) is 36.3 Å². The molecule has 2 heterocycles. The maximum absolute atomic E-state index is 9.31. The van der Waals surface area contributed by atoms with Crippen molar-refractivity contribution >= 4 is 33.4 Å². The molecule has 118 valence electrons.